The monoisotopic (exact) mass is 209 g/mol. The number of hydrogen-bond acceptors (Lipinski definition) is 4. The fraction of sp³-hybridized carbons (Fsp3) is 0.600. The second-order valence-electron chi connectivity index (χ2n) is 3.62. The number of rotatable bonds is 3. The number of nitrogens with zero attached hydrogens (tertiary/aromatic N) is 2. The maximum atomic E-state index is 4.32. The molecular formula is C10H15N3S. The zero-order valence-corrected chi connectivity index (χ0v) is 9.18. The molecule has 0 spiro atoms. The summed E-state index contributed by atoms with van der Waals surface area (Å²) in [6.07, 6.45) is 4.81. The van der Waals surface area contributed by atoms with E-state index in [4.69, 9.17) is 0 Å². The summed E-state index contributed by atoms with van der Waals surface area (Å²) >= 11 is 1.83. The van der Waals surface area contributed by atoms with Crippen LogP contribution in [0.25, 0.3) is 0 Å². The third-order valence-corrected chi connectivity index (χ3v) is 3.77. The Hall–Kier alpha value is -0.610. The maximum Gasteiger partial charge on any atom is 0.117 e. The topological polar surface area (TPSA) is 37.8 Å². The molecule has 2 heterocycles. The fourth-order valence-electron chi connectivity index (χ4n) is 1.59. The molecular weight excluding hydrogens is 194 g/mol. The standard InChI is InChI=1S/C10H15N3S/c1-8-10(13-5-4-12-8)14-7-9-2-3-11-6-9/h4-5,9,11H,2-3,6-7H2,1H3/t9-/m1/s1. The average Bonchev–Trinajstić information content (AvgIpc) is 2.69. The molecule has 3 nitrogen and oxygen atoms in total. The van der Waals surface area contributed by atoms with Gasteiger partial charge >= 0.3 is 0 Å². The number of hydrogen-bond donors (Lipinski definition) is 1. The van der Waals surface area contributed by atoms with Crippen molar-refractivity contribution in [3.63, 3.8) is 0 Å². The molecule has 1 saturated heterocycles. The van der Waals surface area contributed by atoms with Crippen LogP contribution in [0.4, 0.5) is 0 Å². The molecule has 1 atom stereocenters. The van der Waals surface area contributed by atoms with Crippen molar-refractivity contribution >= 4 is 11.8 Å². The van der Waals surface area contributed by atoms with Gasteiger partial charge in [0.15, 0.2) is 0 Å². The Morgan fingerprint density at radius 1 is 1.50 bits per heavy atom. The summed E-state index contributed by atoms with van der Waals surface area (Å²) in [5, 5.41) is 4.46. The van der Waals surface area contributed by atoms with Gasteiger partial charge in [0.2, 0.25) is 0 Å². The van der Waals surface area contributed by atoms with Crippen LogP contribution in [-0.4, -0.2) is 28.8 Å². The van der Waals surface area contributed by atoms with Crippen LogP contribution in [0, 0.1) is 12.8 Å². The molecule has 0 radical (unpaired) electrons. The summed E-state index contributed by atoms with van der Waals surface area (Å²) in [6.45, 7) is 4.35. The molecule has 0 saturated carbocycles. The maximum absolute atomic E-state index is 4.32. The van der Waals surface area contributed by atoms with Gasteiger partial charge in [0, 0.05) is 18.1 Å². The van der Waals surface area contributed by atoms with E-state index in [-0.39, 0.29) is 0 Å². The van der Waals surface area contributed by atoms with E-state index in [9.17, 15) is 0 Å². The SMILES string of the molecule is Cc1nccnc1SC[C@@H]1CCNC1. The van der Waals surface area contributed by atoms with Crippen molar-refractivity contribution in [2.24, 2.45) is 5.92 Å². The molecule has 1 fully saturated rings. The molecule has 2 rings (SSSR count). The molecule has 1 aliphatic heterocycles. The quantitative estimate of drug-likeness (QED) is 0.765. The lowest BCUT2D eigenvalue weighted by Gasteiger charge is -2.07. The summed E-state index contributed by atoms with van der Waals surface area (Å²) < 4.78 is 0. The van der Waals surface area contributed by atoms with E-state index in [1.165, 1.54) is 13.0 Å². The normalized spacial score (nSPS) is 21.4. The van der Waals surface area contributed by atoms with Gasteiger partial charge in [-0.05, 0) is 32.4 Å². The Labute approximate surface area is 88.7 Å². The van der Waals surface area contributed by atoms with Crippen LogP contribution in [0.3, 0.4) is 0 Å². The lowest BCUT2D eigenvalue weighted by Crippen LogP contribution is -2.10. The van der Waals surface area contributed by atoms with Crippen molar-refractivity contribution in [3.05, 3.63) is 18.1 Å². The zero-order valence-electron chi connectivity index (χ0n) is 8.36. The first-order valence-corrected chi connectivity index (χ1v) is 5.96. The molecule has 76 valence electrons. The van der Waals surface area contributed by atoms with Crippen molar-refractivity contribution in [3.8, 4) is 0 Å². The van der Waals surface area contributed by atoms with Gasteiger partial charge in [0.1, 0.15) is 5.03 Å². The van der Waals surface area contributed by atoms with Crippen LogP contribution in [-0.2, 0) is 0 Å². The smallest absolute Gasteiger partial charge is 0.117 e. The second kappa shape index (κ2) is 4.75. The van der Waals surface area contributed by atoms with E-state index in [0.29, 0.717) is 0 Å². The van der Waals surface area contributed by atoms with Crippen LogP contribution in [0.2, 0.25) is 0 Å². The van der Waals surface area contributed by atoms with Crippen LogP contribution in [0.1, 0.15) is 12.1 Å². The molecule has 1 aromatic rings. The predicted molar refractivity (Wildman–Crippen MR) is 58.5 cm³/mol. The minimum atomic E-state index is 0.807. The summed E-state index contributed by atoms with van der Waals surface area (Å²) in [7, 11) is 0. The van der Waals surface area contributed by atoms with Gasteiger partial charge in [-0.3, -0.25) is 4.98 Å². The molecule has 4 heteroatoms. The highest BCUT2D eigenvalue weighted by molar-refractivity contribution is 7.99. The van der Waals surface area contributed by atoms with Crippen molar-refractivity contribution in [1.82, 2.24) is 15.3 Å². The molecule has 14 heavy (non-hydrogen) atoms. The molecule has 0 amide bonds. The highest BCUT2D eigenvalue weighted by atomic mass is 32.2. The van der Waals surface area contributed by atoms with Crippen molar-refractivity contribution < 1.29 is 0 Å². The summed E-state index contributed by atoms with van der Waals surface area (Å²) in [4.78, 5) is 8.54. The van der Waals surface area contributed by atoms with Gasteiger partial charge in [-0.15, -0.1) is 11.8 Å². The van der Waals surface area contributed by atoms with E-state index in [0.717, 1.165) is 28.9 Å². The predicted octanol–water partition coefficient (Wildman–Crippen LogP) is 1.49. The Morgan fingerprint density at radius 3 is 3.07 bits per heavy atom. The summed E-state index contributed by atoms with van der Waals surface area (Å²) in [6, 6.07) is 0. The van der Waals surface area contributed by atoms with E-state index < -0.39 is 0 Å². The van der Waals surface area contributed by atoms with E-state index in [2.05, 4.69) is 15.3 Å². The van der Waals surface area contributed by atoms with Crippen LogP contribution >= 0.6 is 11.8 Å². The highest BCUT2D eigenvalue weighted by Crippen LogP contribution is 2.22. The van der Waals surface area contributed by atoms with Gasteiger partial charge in [-0.2, -0.15) is 0 Å². The fourth-order valence-corrected chi connectivity index (χ4v) is 2.67. The summed E-state index contributed by atoms with van der Waals surface area (Å²) in [5.41, 5.74) is 1.04. The Bertz CT molecular complexity index is 297. The molecule has 1 N–H and O–H groups in total. The van der Waals surface area contributed by atoms with Crippen LogP contribution < -0.4 is 5.32 Å². The van der Waals surface area contributed by atoms with Crippen molar-refractivity contribution in [2.45, 2.75) is 18.4 Å². The molecule has 0 aliphatic carbocycles. The second-order valence-corrected chi connectivity index (χ2v) is 4.63. The first kappa shape index (κ1) is 9.93. The largest absolute Gasteiger partial charge is 0.316 e. The third kappa shape index (κ3) is 2.45. The van der Waals surface area contributed by atoms with E-state index in [1.807, 2.05) is 18.7 Å². The van der Waals surface area contributed by atoms with Crippen LogP contribution in [0.15, 0.2) is 17.4 Å². The highest BCUT2D eigenvalue weighted by Gasteiger charge is 2.15. The third-order valence-electron chi connectivity index (χ3n) is 2.45. The van der Waals surface area contributed by atoms with Crippen molar-refractivity contribution in [2.75, 3.05) is 18.8 Å². The van der Waals surface area contributed by atoms with Gasteiger partial charge in [0.05, 0.1) is 5.69 Å². The lowest BCUT2D eigenvalue weighted by atomic mass is 10.2. The first-order valence-electron chi connectivity index (χ1n) is 4.97. The van der Waals surface area contributed by atoms with Crippen molar-refractivity contribution in [1.29, 1.82) is 0 Å². The van der Waals surface area contributed by atoms with E-state index >= 15 is 0 Å². The van der Waals surface area contributed by atoms with Gasteiger partial charge in [-0.1, -0.05) is 0 Å². The minimum Gasteiger partial charge on any atom is -0.316 e. The Morgan fingerprint density at radius 2 is 2.36 bits per heavy atom. The molecule has 0 aromatic carbocycles. The number of aryl methyl sites for hydroxylation is 1. The number of thioether (sulfide) groups is 1. The minimum absolute atomic E-state index is 0.807. The Kier molecular flexibility index (Phi) is 3.37. The molecule has 0 unspecified atom stereocenters. The first-order chi connectivity index (χ1) is 6.86. The van der Waals surface area contributed by atoms with Crippen LogP contribution in [0.5, 0.6) is 0 Å². The zero-order chi connectivity index (χ0) is 9.80. The van der Waals surface area contributed by atoms with Gasteiger partial charge < -0.3 is 5.32 Å². The molecule has 1 aromatic heterocycles. The molecule has 0 bridgehead atoms. The summed E-state index contributed by atoms with van der Waals surface area (Å²) in [5.74, 6) is 1.97. The van der Waals surface area contributed by atoms with Gasteiger partial charge in [-0.25, -0.2) is 4.98 Å². The lowest BCUT2D eigenvalue weighted by molar-refractivity contribution is 0.662. The number of nitrogens with one attached hydrogen (secondary N) is 1. The Balaban J connectivity index is 1.88. The van der Waals surface area contributed by atoms with E-state index in [1.54, 1.807) is 12.4 Å². The van der Waals surface area contributed by atoms with Gasteiger partial charge in [0.25, 0.3) is 0 Å². The average molecular weight is 209 g/mol. The number of aromatic nitrogens is 2. The molecule has 1 aliphatic rings.